The van der Waals surface area contributed by atoms with Crippen LogP contribution in [-0.2, 0) is 11.9 Å². The third-order valence-corrected chi connectivity index (χ3v) is 4.97. The minimum Gasteiger partial charge on any atom is -0.309 e. The van der Waals surface area contributed by atoms with E-state index in [1.54, 1.807) is 12.1 Å². The molecule has 1 N–H and O–H groups in total. The molecule has 2 aromatic heterocycles. The smallest absolute Gasteiger partial charge is 0.309 e. The first-order chi connectivity index (χ1) is 11.7. The van der Waals surface area contributed by atoms with E-state index >= 15 is 0 Å². The van der Waals surface area contributed by atoms with Gasteiger partial charge in [-0.1, -0.05) is 27.7 Å². The van der Waals surface area contributed by atoms with Gasteiger partial charge in [-0.3, -0.25) is 4.79 Å². The quantitative estimate of drug-likeness (QED) is 0.426. The topological polar surface area (TPSA) is 71.5 Å². The standard InChI is InChI=1S/C14H7Br2F3N4OS/c15-6-3-7-11(8(16)4-6)22-10(23-12(7)24)5-25-13-20-2-1-9(21-13)14(17,18)19/h1-4H,5H2,(H,22,23,24). The van der Waals surface area contributed by atoms with Crippen LogP contribution in [0.25, 0.3) is 10.9 Å². The predicted octanol–water partition coefficient (Wildman–Crippen LogP) is 4.55. The van der Waals surface area contributed by atoms with Crippen LogP contribution >= 0.6 is 43.6 Å². The Bertz CT molecular complexity index is 1010. The molecule has 0 bridgehead atoms. The highest BCUT2D eigenvalue weighted by Crippen LogP contribution is 2.29. The molecule has 2 heterocycles. The number of hydrogen-bond acceptors (Lipinski definition) is 5. The number of H-pyrrole nitrogens is 1. The summed E-state index contributed by atoms with van der Waals surface area (Å²) in [6, 6.07) is 4.19. The van der Waals surface area contributed by atoms with Crippen molar-refractivity contribution in [1.82, 2.24) is 19.9 Å². The molecule has 5 nitrogen and oxygen atoms in total. The molecule has 0 spiro atoms. The second-order valence-corrected chi connectivity index (χ2v) is 7.52. The lowest BCUT2D eigenvalue weighted by Gasteiger charge is -2.07. The summed E-state index contributed by atoms with van der Waals surface area (Å²) in [6.07, 6.45) is -3.49. The Morgan fingerprint density at radius 1 is 1.20 bits per heavy atom. The highest BCUT2D eigenvalue weighted by molar-refractivity contribution is 9.11. The van der Waals surface area contributed by atoms with Gasteiger partial charge in [-0.05, 0) is 34.1 Å². The second-order valence-electron chi connectivity index (χ2n) is 4.81. The average Bonchev–Trinajstić information content (AvgIpc) is 2.53. The number of nitrogens with zero attached hydrogens (tertiary/aromatic N) is 3. The molecule has 0 saturated heterocycles. The third kappa shape index (κ3) is 4.21. The zero-order valence-corrected chi connectivity index (χ0v) is 16.1. The zero-order valence-electron chi connectivity index (χ0n) is 12.1. The van der Waals surface area contributed by atoms with Crippen LogP contribution in [0.4, 0.5) is 13.2 Å². The summed E-state index contributed by atoms with van der Waals surface area (Å²) in [5.41, 5.74) is -0.891. The lowest BCUT2D eigenvalue weighted by atomic mass is 10.2. The van der Waals surface area contributed by atoms with Gasteiger partial charge in [0.25, 0.3) is 5.56 Å². The van der Waals surface area contributed by atoms with Crippen LogP contribution in [0.5, 0.6) is 0 Å². The van der Waals surface area contributed by atoms with E-state index in [1.165, 1.54) is 0 Å². The summed E-state index contributed by atoms with van der Waals surface area (Å²) in [5.74, 6) is 0.432. The van der Waals surface area contributed by atoms with Gasteiger partial charge in [0.1, 0.15) is 11.5 Å². The molecule has 0 unspecified atom stereocenters. The van der Waals surface area contributed by atoms with Crippen molar-refractivity contribution in [1.29, 1.82) is 0 Å². The van der Waals surface area contributed by atoms with Crippen molar-refractivity contribution in [3.63, 3.8) is 0 Å². The van der Waals surface area contributed by atoms with E-state index in [4.69, 9.17) is 0 Å². The molecular weight excluding hydrogens is 489 g/mol. The lowest BCUT2D eigenvalue weighted by molar-refractivity contribution is -0.141. The lowest BCUT2D eigenvalue weighted by Crippen LogP contribution is -2.12. The molecule has 1 aromatic carbocycles. The first-order valence-corrected chi connectivity index (χ1v) is 9.22. The Morgan fingerprint density at radius 3 is 2.68 bits per heavy atom. The number of nitrogens with one attached hydrogen (secondary N) is 1. The number of rotatable bonds is 3. The molecule has 0 aliphatic rings. The molecular formula is C14H7Br2F3N4OS. The molecule has 0 aliphatic carbocycles. The highest BCUT2D eigenvalue weighted by atomic mass is 79.9. The van der Waals surface area contributed by atoms with Crippen molar-refractivity contribution in [2.45, 2.75) is 17.1 Å². The van der Waals surface area contributed by atoms with Gasteiger partial charge in [0, 0.05) is 15.1 Å². The van der Waals surface area contributed by atoms with E-state index in [0.717, 1.165) is 28.5 Å². The van der Waals surface area contributed by atoms with Crippen molar-refractivity contribution in [2.75, 3.05) is 0 Å². The van der Waals surface area contributed by atoms with Gasteiger partial charge in [0.05, 0.1) is 16.7 Å². The molecule has 0 fully saturated rings. The molecule has 11 heteroatoms. The summed E-state index contributed by atoms with van der Waals surface area (Å²) >= 11 is 7.59. The fourth-order valence-corrected chi connectivity index (χ4v) is 4.00. The molecule has 0 amide bonds. The Kier molecular flexibility index (Phi) is 5.16. The largest absolute Gasteiger partial charge is 0.433 e. The summed E-state index contributed by atoms with van der Waals surface area (Å²) in [4.78, 5) is 26.4. The molecule has 0 saturated carbocycles. The maximum Gasteiger partial charge on any atom is 0.433 e. The number of thioether (sulfide) groups is 1. The molecule has 0 atom stereocenters. The van der Waals surface area contributed by atoms with Gasteiger partial charge < -0.3 is 4.98 Å². The Hall–Kier alpha value is -1.46. The van der Waals surface area contributed by atoms with Gasteiger partial charge in [-0.25, -0.2) is 15.0 Å². The maximum absolute atomic E-state index is 12.7. The van der Waals surface area contributed by atoms with Gasteiger partial charge in [0.2, 0.25) is 0 Å². The van der Waals surface area contributed by atoms with Gasteiger partial charge in [-0.15, -0.1) is 0 Å². The molecule has 130 valence electrons. The third-order valence-electron chi connectivity index (χ3n) is 3.04. The Morgan fingerprint density at radius 2 is 1.96 bits per heavy atom. The van der Waals surface area contributed by atoms with Crippen molar-refractivity contribution >= 4 is 54.5 Å². The molecule has 3 aromatic rings. The molecule has 0 radical (unpaired) electrons. The fraction of sp³-hybridized carbons (Fsp3) is 0.143. The first-order valence-electron chi connectivity index (χ1n) is 6.65. The van der Waals surface area contributed by atoms with Crippen LogP contribution in [0.15, 0.2) is 43.3 Å². The van der Waals surface area contributed by atoms with E-state index < -0.39 is 11.9 Å². The van der Waals surface area contributed by atoms with Crippen LogP contribution in [0, 0.1) is 0 Å². The van der Waals surface area contributed by atoms with Crippen LogP contribution in [-0.4, -0.2) is 19.9 Å². The van der Waals surface area contributed by atoms with Crippen LogP contribution < -0.4 is 5.56 Å². The number of halogens is 5. The number of benzene rings is 1. The highest BCUT2D eigenvalue weighted by Gasteiger charge is 2.32. The summed E-state index contributed by atoms with van der Waals surface area (Å²) < 4.78 is 39.4. The minimum absolute atomic E-state index is 0.0487. The van der Waals surface area contributed by atoms with Gasteiger partial charge in [-0.2, -0.15) is 13.2 Å². The monoisotopic (exact) mass is 494 g/mol. The van der Waals surface area contributed by atoms with Crippen LogP contribution in [0.1, 0.15) is 11.5 Å². The van der Waals surface area contributed by atoms with E-state index in [1.807, 2.05) is 0 Å². The molecule has 3 rings (SSSR count). The Labute approximate surface area is 159 Å². The molecule has 0 aliphatic heterocycles. The first kappa shape index (κ1) is 18.3. The number of hydrogen-bond donors (Lipinski definition) is 1. The number of alkyl halides is 3. The number of aromatic amines is 1. The minimum atomic E-state index is -4.54. The SMILES string of the molecule is O=c1[nH]c(CSc2nccc(C(F)(F)F)n2)nc2c(Br)cc(Br)cc12. The number of aromatic nitrogens is 4. The summed E-state index contributed by atoms with van der Waals surface area (Å²) in [7, 11) is 0. The zero-order chi connectivity index (χ0) is 18.2. The van der Waals surface area contributed by atoms with Gasteiger partial charge >= 0.3 is 6.18 Å². The van der Waals surface area contributed by atoms with Crippen LogP contribution in [0.2, 0.25) is 0 Å². The van der Waals surface area contributed by atoms with Crippen molar-refractivity contribution in [3.05, 3.63) is 55.2 Å². The van der Waals surface area contributed by atoms with Crippen molar-refractivity contribution in [3.8, 4) is 0 Å². The van der Waals surface area contributed by atoms with E-state index in [-0.39, 0.29) is 16.5 Å². The summed E-state index contributed by atoms with van der Waals surface area (Å²) in [5, 5.41) is 0.345. The number of fused-ring (bicyclic) bond motifs is 1. The molecule has 25 heavy (non-hydrogen) atoms. The predicted molar refractivity (Wildman–Crippen MR) is 94.4 cm³/mol. The van der Waals surface area contributed by atoms with Crippen LogP contribution in [0.3, 0.4) is 0 Å². The van der Waals surface area contributed by atoms with Crippen molar-refractivity contribution in [2.24, 2.45) is 0 Å². The fourth-order valence-electron chi connectivity index (χ4n) is 1.98. The van der Waals surface area contributed by atoms with Gasteiger partial charge in [0.15, 0.2) is 5.16 Å². The maximum atomic E-state index is 12.7. The van der Waals surface area contributed by atoms with E-state index in [9.17, 15) is 18.0 Å². The Balaban J connectivity index is 1.88. The van der Waals surface area contributed by atoms with E-state index in [2.05, 4.69) is 51.8 Å². The normalized spacial score (nSPS) is 11.9. The second kappa shape index (κ2) is 7.04. The van der Waals surface area contributed by atoms with E-state index in [0.29, 0.717) is 21.2 Å². The van der Waals surface area contributed by atoms with Crippen molar-refractivity contribution < 1.29 is 13.2 Å². The average molecular weight is 496 g/mol. The summed E-state index contributed by atoms with van der Waals surface area (Å²) in [6.45, 7) is 0.